The van der Waals surface area contributed by atoms with Gasteiger partial charge in [0.05, 0.1) is 22.7 Å². The van der Waals surface area contributed by atoms with E-state index >= 15 is 0 Å². The van der Waals surface area contributed by atoms with Gasteiger partial charge in [-0.1, -0.05) is 18.2 Å². The standard InChI is InChI=1S/C22H25N5O4/c28-21(24-20-7-2-1-6-19(20)22(29)23-16-8-9-16)15-25-10-12-26(13-11-25)17-4-3-5-18(14-17)27(30)31/h1-7,14,16H,8-13,15H2,(H,23,29)(H,24,28). The van der Waals surface area contributed by atoms with Crippen LogP contribution < -0.4 is 15.5 Å². The quantitative estimate of drug-likeness (QED) is 0.522. The first-order chi connectivity index (χ1) is 15.0. The monoisotopic (exact) mass is 423 g/mol. The van der Waals surface area contributed by atoms with Gasteiger partial charge in [-0.15, -0.1) is 0 Å². The minimum absolute atomic E-state index is 0.0729. The second kappa shape index (κ2) is 9.13. The lowest BCUT2D eigenvalue weighted by molar-refractivity contribution is -0.384. The Morgan fingerprint density at radius 2 is 1.77 bits per heavy atom. The number of piperazine rings is 1. The SMILES string of the molecule is O=C(CN1CCN(c2cccc([N+](=O)[O-])c2)CC1)Nc1ccccc1C(=O)NC1CC1. The third-order valence-electron chi connectivity index (χ3n) is 5.50. The summed E-state index contributed by atoms with van der Waals surface area (Å²) >= 11 is 0. The van der Waals surface area contributed by atoms with Crippen LogP contribution in [0.4, 0.5) is 17.1 Å². The number of nitro groups is 1. The molecule has 1 saturated carbocycles. The third-order valence-corrected chi connectivity index (χ3v) is 5.50. The first-order valence-corrected chi connectivity index (χ1v) is 10.4. The van der Waals surface area contributed by atoms with Crippen LogP contribution in [0.15, 0.2) is 48.5 Å². The fraction of sp³-hybridized carbons (Fsp3) is 0.364. The molecule has 2 aromatic carbocycles. The highest BCUT2D eigenvalue weighted by atomic mass is 16.6. The van der Waals surface area contributed by atoms with Gasteiger partial charge in [0.1, 0.15) is 0 Å². The second-order valence-corrected chi connectivity index (χ2v) is 7.88. The summed E-state index contributed by atoms with van der Waals surface area (Å²) in [7, 11) is 0. The highest BCUT2D eigenvalue weighted by molar-refractivity contribution is 6.04. The number of hydrogen-bond donors (Lipinski definition) is 2. The van der Waals surface area contributed by atoms with Gasteiger partial charge < -0.3 is 15.5 Å². The van der Waals surface area contributed by atoms with Gasteiger partial charge in [0, 0.05) is 50.0 Å². The van der Waals surface area contributed by atoms with E-state index in [1.54, 1.807) is 36.4 Å². The van der Waals surface area contributed by atoms with Gasteiger partial charge in [0.2, 0.25) is 5.91 Å². The molecule has 4 rings (SSSR count). The molecule has 0 atom stereocenters. The Hall–Kier alpha value is -3.46. The van der Waals surface area contributed by atoms with E-state index < -0.39 is 4.92 Å². The van der Waals surface area contributed by atoms with E-state index in [1.807, 2.05) is 11.0 Å². The van der Waals surface area contributed by atoms with Gasteiger partial charge in [-0.2, -0.15) is 0 Å². The number of nitro benzene ring substituents is 1. The average molecular weight is 423 g/mol. The Morgan fingerprint density at radius 3 is 2.48 bits per heavy atom. The molecule has 1 aliphatic carbocycles. The highest BCUT2D eigenvalue weighted by Crippen LogP contribution is 2.23. The number of amides is 2. The Balaban J connectivity index is 1.30. The number of carbonyl (C=O) groups is 2. The summed E-state index contributed by atoms with van der Waals surface area (Å²) in [5.41, 5.74) is 1.87. The van der Waals surface area contributed by atoms with Gasteiger partial charge in [-0.05, 0) is 31.0 Å². The minimum atomic E-state index is -0.396. The average Bonchev–Trinajstić information content (AvgIpc) is 3.58. The summed E-state index contributed by atoms with van der Waals surface area (Å²) in [6.45, 7) is 2.91. The molecule has 2 N–H and O–H groups in total. The molecule has 2 aliphatic rings. The lowest BCUT2D eigenvalue weighted by atomic mass is 10.1. The molecule has 9 heteroatoms. The van der Waals surface area contributed by atoms with Gasteiger partial charge in [-0.25, -0.2) is 0 Å². The van der Waals surface area contributed by atoms with E-state index in [-0.39, 0.29) is 30.1 Å². The molecule has 1 heterocycles. The van der Waals surface area contributed by atoms with Crippen molar-refractivity contribution < 1.29 is 14.5 Å². The van der Waals surface area contributed by atoms with Crippen LogP contribution in [0.25, 0.3) is 0 Å². The molecule has 0 radical (unpaired) electrons. The number of hydrogen-bond acceptors (Lipinski definition) is 6. The molecule has 9 nitrogen and oxygen atoms in total. The molecule has 2 amide bonds. The number of benzene rings is 2. The Labute approximate surface area is 180 Å². The number of nitrogens with zero attached hydrogens (tertiary/aromatic N) is 3. The topological polar surface area (TPSA) is 108 Å². The fourth-order valence-electron chi connectivity index (χ4n) is 3.64. The molecule has 0 unspecified atom stereocenters. The zero-order chi connectivity index (χ0) is 21.8. The predicted octanol–water partition coefficient (Wildman–Crippen LogP) is 2.25. The van der Waals surface area contributed by atoms with Crippen LogP contribution in [0.5, 0.6) is 0 Å². The van der Waals surface area contributed by atoms with E-state index in [1.165, 1.54) is 6.07 Å². The fourth-order valence-corrected chi connectivity index (χ4v) is 3.64. The number of nitrogens with one attached hydrogen (secondary N) is 2. The molecule has 1 aliphatic heterocycles. The van der Waals surface area contributed by atoms with Gasteiger partial charge in [0.25, 0.3) is 11.6 Å². The summed E-state index contributed by atoms with van der Waals surface area (Å²) in [5.74, 6) is -0.334. The number of carbonyl (C=O) groups excluding carboxylic acids is 2. The normalized spacial score (nSPS) is 16.6. The Morgan fingerprint density at radius 1 is 1.03 bits per heavy atom. The maximum atomic E-state index is 12.6. The Kier molecular flexibility index (Phi) is 6.13. The smallest absolute Gasteiger partial charge is 0.271 e. The summed E-state index contributed by atoms with van der Waals surface area (Å²) in [4.78, 5) is 39.7. The number of non-ortho nitro benzene ring substituents is 1. The van der Waals surface area contributed by atoms with Gasteiger partial charge in [0.15, 0.2) is 0 Å². The van der Waals surface area contributed by atoms with Crippen molar-refractivity contribution in [3.05, 3.63) is 64.2 Å². The van der Waals surface area contributed by atoms with Crippen LogP contribution in [-0.2, 0) is 4.79 Å². The molecule has 2 aromatic rings. The highest BCUT2D eigenvalue weighted by Gasteiger charge is 2.25. The van der Waals surface area contributed by atoms with Crippen molar-refractivity contribution in [3.63, 3.8) is 0 Å². The van der Waals surface area contributed by atoms with Crippen molar-refractivity contribution in [1.29, 1.82) is 0 Å². The lowest BCUT2D eigenvalue weighted by Crippen LogP contribution is -2.48. The van der Waals surface area contributed by atoms with Gasteiger partial charge >= 0.3 is 0 Å². The number of para-hydroxylation sites is 1. The molecule has 0 spiro atoms. The van der Waals surface area contributed by atoms with Gasteiger partial charge in [-0.3, -0.25) is 24.6 Å². The maximum absolute atomic E-state index is 12.6. The van der Waals surface area contributed by atoms with Crippen molar-refractivity contribution in [1.82, 2.24) is 10.2 Å². The third kappa shape index (κ3) is 5.37. The second-order valence-electron chi connectivity index (χ2n) is 7.88. The molecule has 0 bridgehead atoms. The van der Waals surface area contributed by atoms with Crippen LogP contribution in [0.3, 0.4) is 0 Å². The molecular weight excluding hydrogens is 398 g/mol. The van der Waals surface area contributed by atoms with E-state index in [9.17, 15) is 19.7 Å². The van der Waals surface area contributed by atoms with E-state index in [4.69, 9.17) is 0 Å². The van der Waals surface area contributed by atoms with Crippen LogP contribution in [0.1, 0.15) is 23.2 Å². The molecular formula is C22H25N5O4. The first-order valence-electron chi connectivity index (χ1n) is 10.4. The summed E-state index contributed by atoms with van der Waals surface area (Å²) < 4.78 is 0. The molecule has 162 valence electrons. The van der Waals surface area contributed by atoms with E-state index in [2.05, 4.69) is 15.5 Å². The van der Waals surface area contributed by atoms with Crippen LogP contribution in [0.2, 0.25) is 0 Å². The van der Waals surface area contributed by atoms with E-state index in [0.717, 1.165) is 18.5 Å². The molecule has 1 saturated heterocycles. The lowest BCUT2D eigenvalue weighted by Gasteiger charge is -2.35. The number of rotatable bonds is 7. The zero-order valence-corrected chi connectivity index (χ0v) is 17.1. The predicted molar refractivity (Wildman–Crippen MR) is 117 cm³/mol. The van der Waals surface area contributed by atoms with Crippen LogP contribution >= 0.6 is 0 Å². The molecule has 2 fully saturated rings. The maximum Gasteiger partial charge on any atom is 0.271 e. The molecule has 31 heavy (non-hydrogen) atoms. The zero-order valence-electron chi connectivity index (χ0n) is 17.1. The van der Waals surface area contributed by atoms with Crippen molar-refractivity contribution >= 4 is 28.9 Å². The van der Waals surface area contributed by atoms with Crippen molar-refractivity contribution in [2.75, 3.05) is 42.9 Å². The summed E-state index contributed by atoms with van der Waals surface area (Å²) in [6, 6.07) is 13.9. The van der Waals surface area contributed by atoms with Crippen molar-refractivity contribution in [3.8, 4) is 0 Å². The summed E-state index contributed by atoms with van der Waals surface area (Å²) in [6.07, 6.45) is 2.01. The van der Waals surface area contributed by atoms with Crippen molar-refractivity contribution in [2.45, 2.75) is 18.9 Å². The van der Waals surface area contributed by atoms with Crippen LogP contribution in [0, 0.1) is 10.1 Å². The largest absolute Gasteiger partial charge is 0.369 e. The minimum Gasteiger partial charge on any atom is -0.369 e. The van der Waals surface area contributed by atoms with Crippen molar-refractivity contribution in [2.24, 2.45) is 0 Å². The van der Waals surface area contributed by atoms with E-state index in [0.29, 0.717) is 37.4 Å². The first kappa shape index (κ1) is 20.8. The van der Waals surface area contributed by atoms with Crippen LogP contribution in [-0.4, -0.2) is 60.4 Å². The Bertz CT molecular complexity index is 983. The molecule has 0 aromatic heterocycles. The summed E-state index contributed by atoms with van der Waals surface area (Å²) in [5, 5.41) is 16.8. The number of anilines is 2.